The monoisotopic (exact) mass is 468 g/mol. The van der Waals surface area contributed by atoms with E-state index in [4.69, 9.17) is 4.74 Å². The van der Waals surface area contributed by atoms with Crippen LogP contribution in [0.25, 0.3) is 0 Å². The molecule has 176 valence electrons. The van der Waals surface area contributed by atoms with Gasteiger partial charge in [0.05, 0.1) is 6.61 Å². The van der Waals surface area contributed by atoms with Crippen LogP contribution >= 0.6 is 11.1 Å². The topological polar surface area (TPSA) is 98.3 Å². The van der Waals surface area contributed by atoms with Crippen molar-refractivity contribution in [2.75, 3.05) is 36.9 Å². The molecule has 33 heavy (non-hydrogen) atoms. The van der Waals surface area contributed by atoms with E-state index >= 15 is 0 Å². The third-order valence-electron chi connectivity index (χ3n) is 5.63. The Bertz CT molecular complexity index is 1000. The number of rotatable bonds is 11. The van der Waals surface area contributed by atoms with E-state index in [2.05, 4.69) is 47.5 Å². The smallest absolute Gasteiger partial charge is 0.233 e. The minimum absolute atomic E-state index is 0.514. The van der Waals surface area contributed by atoms with Crippen LogP contribution in [0.2, 0.25) is 0 Å². The minimum atomic E-state index is -1.59. The number of ether oxygens (including phenoxy) is 1. The third kappa shape index (κ3) is 7.38. The molecule has 1 aliphatic rings. The van der Waals surface area contributed by atoms with E-state index in [1.807, 2.05) is 31.3 Å². The fraction of sp³-hybridized carbons (Fsp3) is 0.458. The van der Waals surface area contributed by atoms with Crippen molar-refractivity contribution in [3.8, 4) is 5.75 Å². The largest absolute Gasteiger partial charge is 0.546 e. The summed E-state index contributed by atoms with van der Waals surface area (Å²) in [4.78, 5) is 6.80. The Hall–Kier alpha value is -2.75. The molecule has 2 N–H and O–H groups in total. The van der Waals surface area contributed by atoms with Crippen LogP contribution in [-0.4, -0.2) is 49.4 Å². The lowest BCUT2D eigenvalue weighted by molar-refractivity contribution is 0.220. The summed E-state index contributed by atoms with van der Waals surface area (Å²) in [7, 11) is 0. The van der Waals surface area contributed by atoms with Gasteiger partial charge in [0.15, 0.2) is 11.1 Å². The van der Waals surface area contributed by atoms with Gasteiger partial charge in [0.1, 0.15) is 5.75 Å². The standard InChI is InChI=1S/C24H32N6O2S/c1-19-9-10-21(16-26-19)17-27-24-23(28-33(31)29-24)25-11-6-14-32-22-8-5-7-20(15-22)18-30-12-3-2-4-13-30/h5,7-10,15-16H,2-4,6,11-14,17-18H2,1H3,(H,25,28)(H,27,29). The van der Waals surface area contributed by atoms with Crippen molar-refractivity contribution >= 4 is 22.8 Å². The average molecular weight is 469 g/mol. The summed E-state index contributed by atoms with van der Waals surface area (Å²) >= 11 is -1.59. The van der Waals surface area contributed by atoms with Crippen LogP contribution in [-0.2, 0) is 13.1 Å². The van der Waals surface area contributed by atoms with Crippen molar-refractivity contribution in [2.45, 2.75) is 45.7 Å². The first-order valence-corrected chi connectivity index (χ1v) is 12.7. The first kappa shape index (κ1) is 23.4. The van der Waals surface area contributed by atoms with Gasteiger partial charge in [-0.1, -0.05) is 24.6 Å². The Labute approximate surface area is 198 Å². The van der Waals surface area contributed by atoms with Gasteiger partial charge < -0.3 is 19.9 Å². The van der Waals surface area contributed by atoms with Crippen molar-refractivity contribution in [2.24, 2.45) is 0 Å². The third-order valence-corrected chi connectivity index (χ3v) is 6.31. The quantitative estimate of drug-likeness (QED) is 0.316. The lowest BCUT2D eigenvalue weighted by Crippen LogP contribution is -2.29. The Morgan fingerprint density at radius 3 is 2.64 bits per heavy atom. The second-order valence-corrected chi connectivity index (χ2v) is 9.21. The molecule has 1 saturated heterocycles. The molecular formula is C24H32N6O2S. The van der Waals surface area contributed by atoms with E-state index in [1.54, 1.807) is 0 Å². The molecule has 1 aliphatic heterocycles. The molecule has 1 aromatic carbocycles. The second kappa shape index (κ2) is 11.9. The highest BCUT2D eigenvalue weighted by Gasteiger charge is 2.15. The zero-order valence-electron chi connectivity index (χ0n) is 19.1. The lowest BCUT2D eigenvalue weighted by Gasteiger charge is -2.26. The minimum Gasteiger partial charge on any atom is -0.546 e. The Morgan fingerprint density at radius 1 is 1.03 bits per heavy atom. The first-order valence-electron chi connectivity index (χ1n) is 11.6. The summed E-state index contributed by atoms with van der Waals surface area (Å²) in [5.41, 5.74) is 3.29. The van der Waals surface area contributed by atoms with Crippen LogP contribution < -0.4 is 15.4 Å². The molecule has 3 heterocycles. The maximum atomic E-state index is 11.8. The van der Waals surface area contributed by atoms with E-state index in [1.165, 1.54) is 37.9 Å². The number of benzene rings is 1. The highest BCUT2D eigenvalue weighted by atomic mass is 32.2. The fourth-order valence-electron chi connectivity index (χ4n) is 3.86. The molecule has 4 rings (SSSR count). The molecule has 1 fully saturated rings. The Morgan fingerprint density at radius 2 is 1.85 bits per heavy atom. The van der Waals surface area contributed by atoms with Gasteiger partial charge in [-0.25, -0.2) is 0 Å². The number of piperidine rings is 1. The molecule has 8 nitrogen and oxygen atoms in total. The highest BCUT2D eigenvalue weighted by molar-refractivity contribution is 7.14. The van der Waals surface area contributed by atoms with Gasteiger partial charge in [0.25, 0.3) is 0 Å². The predicted molar refractivity (Wildman–Crippen MR) is 131 cm³/mol. The van der Waals surface area contributed by atoms with Gasteiger partial charge in [0.2, 0.25) is 11.6 Å². The molecule has 1 unspecified atom stereocenters. The summed E-state index contributed by atoms with van der Waals surface area (Å²) in [6.07, 6.45) is 6.55. The molecule has 0 radical (unpaired) electrons. The Balaban J connectivity index is 1.19. The van der Waals surface area contributed by atoms with Crippen molar-refractivity contribution in [1.82, 2.24) is 18.6 Å². The molecule has 0 aliphatic carbocycles. The van der Waals surface area contributed by atoms with Crippen molar-refractivity contribution in [3.05, 3.63) is 59.4 Å². The molecule has 1 atom stereocenters. The number of nitrogens with one attached hydrogen (secondary N) is 2. The lowest BCUT2D eigenvalue weighted by atomic mass is 10.1. The molecular weight excluding hydrogens is 436 g/mol. The summed E-state index contributed by atoms with van der Waals surface area (Å²) in [6.45, 7) is 7.10. The van der Waals surface area contributed by atoms with Crippen LogP contribution in [0.5, 0.6) is 5.75 Å². The summed E-state index contributed by atoms with van der Waals surface area (Å²) in [6, 6.07) is 12.3. The summed E-state index contributed by atoms with van der Waals surface area (Å²) < 4.78 is 25.9. The van der Waals surface area contributed by atoms with E-state index in [0.29, 0.717) is 31.3 Å². The normalized spacial score (nSPS) is 14.8. The number of nitrogens with zero attached hydrogens (tertiary/aromatic N) is 4. The van der Waals surface area contributed by atoms with Crippen LogP contribution in [0.3, 0.4) is 0 Å². The van der Waals surface area contributed by atoms with Gasteiger partial charge in [-0.3, -0.25) is 9.88 Å². The van der Waals surface area contributed by atoms with E-state index < -0.39 is 11.1 Å². The number of hydrogen-bond acceptors (Lipinski definition) is 8. The predicted octanol–water partition coefficient (Wildman–Crippen LogP) is 4.39. The van der Waals surface area contributed by atoms with E-state index in [-0.39, 0.29) is 0 Å². The molecule has 9 heteroatoms. The summed E-state index contributed by atoms with van der Waals surface area (Å²) in [5.74, 6) is 1.94. The second-order valence-electron chi connectivity index (χ2n) is 8.38. The van der Waals surface area contributed by atoms with Crippen molar-refractivity contribution in [3.63, 3.8) is 0 Å². The number of likely N-dealkylation sites (tertiary alicyclic amines) is 1. The van der Waals surface area contributed by atoms with Gasteiger partial charge >= 0.3 is 0 Å². The maximum Gasteiger partial charge on any atom is 0.233 e. The SMILES string of the molecule is Cc1ccc(CNc2n[s+]([O-])nc2NCCCOc2cccc(CN3CCCCC3)c2)cn1. The summed E-state index contributed by atoms with van der Waals surface area (Å²) in [5, 5.41) is 6.41. The number of pyridine rings is 1. The highest BCUT2D eigenvalue weighted by Crippen LogP contribution is 2.23. The molecule has 3 aromatic rings. The number of aryl methyl sites for hydroxylation is 1. The van der Waals surface area contributed by atoms with Gasteiger partial charge in [-0.2, -0.15) is 0 Å². The molecule has 2 aromatic heterocycles. The van der Waals surface area contributed by atoms with Gasteiger partial charge in [0, 0.05) is 40.3 Å². The van der Waals surface area contributed by atoms with E-state index in [0.717, 1.165) is 30.0 Å². The van der Waals surface area contributed by atoms with Crippen LogP contribution in [0.1, 0.15) is 42.5 Å². The first-order chi connectivity index (χ1) is 16.2. The fourth-order valence-corrected chi connectivity index (χ4v) is 4.52. The zero-order valence-corrected chi connectivity index (χ0v) is 19.9. The molecule has 0 spiro atoms. The van der Waals surface area contributed by atoms with Crippen LogP contribution in [0, 0.1) is 6.92 Å². The Kier molecular flexibility index (Phi) is 8.46. The number of aromatic nitrogens is 3. The zero-order chi connectivity index (χ0) is 22.9. The van der Waals surface area contributed by atoms with Gasteiger partial charge in [-0.05, 0) is 68.6 Å². The van der Waals surface area contributed by atoms with Gasteiger partial charge in [-0.15, -0.1) is 0 Å². The maximum absolute atomic E-state index is 11.8. The van der Waals surface area contributed by atoms with Crippen molar-refractivity contribution < 1.29 is 9.29 Å². The molecule has 0 amide bonds. The van der Waals surface area contributed by atoms with Crippen molar-refractivity contribution in [1.29, 1.82) is 0 Å². The number of hydrogen-bond donors (Lipinski definition) is 2. The van der Waals surface area contributed by atoms with Crippen LogP contribution in [0.15, 0.2) is 42.6 Å². The number of anilines is 2. The van der Waals surface area contributed by atoms with Crippen LogP contribution in [0.4, 0.5) is 11.6 Å². The molecule has 0 bridgehead atoms. The average Bonchev–Trinajstić information content (AvgIpc) is 3.18. The van der Waals surface area contributed by atoms with E-state index in [9.17, 15) is 4.55 Å². The molecule has 0 saturated carbocycles.